The molecule has 0 amide bonds. The standard InChI is InChI=1S/C13H19NO2/c1-9-7-11(10-3-5-14-6-4-10)13(15)12(8-9)16-2/h7-8,10,14-15H,3-6H2,1-2H3. The molecule has 0 bridgehead atoms. The molecule has 88 valence electrons. The number of phenolic OH excluding ortho intramolecular Hbond substituents is 1. The molecule has 1 aromatic rings. The molecule has 1 aliphatic heterocycles. The van der Waals surface area contributed by atoms with E-state index in [1.54, 1.807) is 7.11 Å². The van der Waals surface area contributed by atoms with Gasteiger partial charge in [-0.25, -0.2) is 0 Å². The Labute approximate surface area is 96.4 Å². The molecular formula is C13H19NO2. The van der Waals surface area contributed by atoms with Gasteiger partial charge in [0.05, 0.1) is 7.11 Å². The van der Waals surface area contributed by atoms with E-state index in [-0.39, 0.29) is 0 Å². The minimum Gasteiger partial charge on any atom is -0.504 e. The molecule has 0 aliphatic carbocycles. The summed E-state index contributed by atoms with van der Waals surface area (Å²) in [6.07, 6.45) is 2.17. The summed E-state index contributed by atoms with van der Waals surface area (Å²) in [6, 6.07) is 3.95. The minimum absolute atomic E-state index is 0.319. The average molecular weight is 221 g/mol. The zero-order chi connectivity index (χ0) is 11.5. The first kappa shape index (κ1) is 11.3. The Morgan fingerprint density at radius 1 is 1.31 bits per heavy atom. The number of hydrogen-bond acceptors (Lipinski definition) is 3. The molecule has 16 heavy (non-hydrogen) atoms. The maximum absolute atomic E-state index is 10.1. The molecule has 1 aliphatic rings. The fourth-order valence-corrected chi connectivity index (χ4v) is 2.37. The number of hydrogen-bond donors (Lipinski definition) is 2. The van der Waals surface area contributed by atoms with Gasteiger partial charge in [0.2, 0.25) is 0 Å². The van der Waals surface area contributed by atoms with Crippen molar-refractivity contribution in [3.63, 3.8) is 0 Å². The van der Waals surface area contributed by atoms with Crippen molar-refractivity contribution in [2.75, 3.05) is 20.2 Å². The number of aryl methyl sites for hydroxylation is 1. The number of benzene rings is 1. The summed E-state index contributed by atoms with van der Waals surface area (Å²) in [5.74, 6) is 1.36. The Morgan fingerprint density at radius 2 is 2.00 bits per heavy atom. The maximum Gasteiger partial charge on any atom is 0.161 e. The van der Waals surface area contributed by atoms with Gasteiger partial charge in [-0.2, -0.15) is 0 Å². The molecule has 0 atom stereocenters. The second kappa shape index (κ2) is 4.74. The van der Waals surface area contributed by atoms with Crippen LogP contribution in [0.25, 0.3) is 0 Å². The van der Waals surface area contributed by atoms with Crippen molar-refractivity contribution in [2.24, 2.45) is 0 Å². The number of nitrogens with one attached hydrogen (secondary N) is 1. The number of ether oxygens (including phenoxy) is 1. The zero-order valence-corrected chi connectivity index (χ0v) is 9.92. The quantitative estimate of drug-likeness (QED) is 0.804. The number of methoxy groups -OCH3 is 1. The molecule has 3 heteroatoms. The van der Waals surface area contributed by atoms with Crippen LogP contribution in [0.2, 0.25) is 0 Å². The predicted molar refractivity (Wildman–Crippen MR) is 64.2 cm³/mol. The van der Waals surface area contributed by atoms with E-state index in [2.05, 4.69) is 11.4 Å². The number of rotatable bonds is 2. The van der Waals surface area contributed by atoms with Crippen molar-refractivity contribution in [1.82, 2.24) is 5.32 Å². The van der Waals surface area contributed by atoms with Crippen LogP contribution in [0.3, 0.4) is 0 Å². The van der Waals surface area contributed by atoms with E-state index < -0.39 is 0 Å². The monoisotopic (exact) mass is 221 g/mol. The second-order valence-corrected chi connectivity index (χ2v) is 4.43. The van der Waals surface area contributed by atoms with Gasteiger partial charge in [0, 0.05) is 5.56 Å². The highest BCUT2D eigenvalue weighted by molar-refractivity contribution is 5.49. The normalized spacial score (nSPS) is 17.4. The highest BCUT2D eigenvalue weighted by Crippen LogP contribution is 2.38. The van der Waals surface area contributed by atoms with Crippen molar-refractivity contribution in [3.8, 4) is 11.5 Å². The molecular weight excluding hydrogens is 202 g/mol. The molecule has 0 spiro atoms. The maximum atomic E-state index is 10.1. The summed E-state index contributed by atoms with van der Waals surface area (Å²) in [4.78, 5) is 0. The van der Waals surface area contributed by atoms with Gasteiger partial charge >= 0.3 is 0 Å². The van der Waals surface area contributed by atoms with Crippen LogP contribution in [-0.4, -0.2) is 25.3 Å². The van der Waals surface area contributed by atoms with E-state index in [0.717, 1.165) is 37.1 Å². The first-order chi connectivity index (χ1) is 7.72. The first-order valence-electron chi connectivity index (χ1n) is 5.80. The molecule has 1 fully saturated rings. The van der Waals surface area contributed by atoms with Gasteiger partial charge in [0.15, 0.2) is 11.5 Å². The van der Waals surface area contributed by atoms with Gasteiger partial charge in [-0.1, -0.05) is 6.07 Å². The van der Waals surface area contributed by atoms with Crippen LogP contribution < -0.4 is 10.1 Å². The number of piperidine rings is 1. The number of phenols is 1. The van der Waals surface area contributed by atoms with Crippen LogP contribution >= 0.6 is 0 Å². The van der Waals surface area contributed by atoms with Crippen LogP contribution in [0.5, 0.6) is 11.5 Å². The first-order valence-corrected chi connectivity index (χ1v) is 5.80. The van der Waals surface area contributed by atoms with Gasteiger partial charge in [-0.05, 0) is 50.4 Å². The molecule has 0 unspecified atom stereocenters. The lowest BCUT2D eigenvalue weighted by molar-refractivity contribution is 0.362. The smallest absolute Gasteiger partial charge is 0.161 e. The van der Waals surface area contributed by atoms with Crippen molar-refractivity contribution in [1.29, 1.82) is 0 Å². The van der Waals surface area contributed by atoms with Gasteiger partial charge in [-0.15, -0.1) is 0 Å². The third-order valence-electron chi connectivity index (χ3n) is 3.25. The van der Waals surface area contributed by atoms with E-state index in [9.17, 15) is 5.11 Å². The molecule has 0 radical (unpaired) electrons. The lowest BCUT2D eigenvalue weighted by Gasteiger charge is -2.24. The van der Waals surface area contributed by atoms with Crippen LogP contribution in [0.1, 0.15) is 29.9 Å². The summed E-state index contributed by atoms with van der Waals surface area (Å²) in [6.45, 7) is 4.09. The summed E-state index contributed by atoms with van der Waals surface area (Å²) in [5.41, 5.74) is 2.18. The van der Waals surface area contributed by atoms with Crippen molar-refractivity contribution in [3.05, 3.63) is 23.3 Å². The second-order valence-electron chi connectivity index (χ2n) is 4.43. The van der Waals surface area contributed by atoms with Crippen molar-refractivity contribution < 1.29 is 9.84 Å². The highest BCUT2D eigenvalue weighted by Gasteiger charge is 2.20. The third-order valence-corrected chi connectivity index (χ3v) is 3.25. The Hall–Kier alpha value is -1.22. The fraction of sp³-hybridized carbons (Fsp3) is 0.538. The van der Waals surface area contributed by atoms with E-state index in [0.29, 0.717) is 17.4 Å². The SMILES string of the molecule is COc1cc(C)cc(C2CCNCC2)c1O. The van der Waals surface area contributed by atoms with Crippen molar-refractivity contribution in [2.45, 2.75) is 25.7 Å². The van der Waals surface area contributed by atoms with E-state index in [1.807, 2.05) is 13.0 Å². The van der Waals surface area contributed by atoms with Gasteiger partial charge < -0.3 is 15.2 Å². The lowest BCUT2D eigenvalue weighted by Crippen LogP contribution is -2.26. The Morgan fingerprint density at radius 3 is 2.62 bits per heavy atom. The molecule has 2 rings (SSSR count). The van der Waals surface area contributed by atoms with Crippen LogP contribution in [0.4, 0.5) is 0 Å². The molecule has 0 saturated carbocycles. The van der Waals surface area contributed by atoms with Gasteiger partial charge in [0.1, 0.15) is 0 Å². The Balaban J connectivity index is 2.34. The average Bonchev–Trinajstić information content (AvgIpc) is 2.33. The molecule has 3 nitrogen and oxygen atoms in total. The topological polar surface area (TPSA) is 41.5 Å². The van der Waals surface area contributed by atoms with E-state index in [1.165, 1.54) is 0 Å². The Kier molecular flexibility index (Phi) is 3.34. The van der Waals surface area contributed by atoms with E-state index >= 15 is 0 Å². The van der Waals surface area contributed by atoms with Crippen LogP contribution in [-0.2, 0) is 0 Å². The largest absolute Gasteiger partial charge is 0.504 e. The Bertz CT molecular complexity index is 370. The molecule has 1 heterocycles. The highest BCUT2D eigenvalue weighted by atomic mass is 16.5. The number of aromatic hydroxyl groups is 1. The zero-order valence-electron chi connectivity index (χ0n) is 9.92. The summed E-state index contributed by atoms with van der Waals surface area (Å²) in [7, 11) is 1.60. The van der Waals surface area contributed by atoms with Crippen LogP contribution in [0.15, 0.2) is 12.1 Å². The van der Waals surface area contributed by atoms with Crippen LogP contribution in [0, 0.1) is 6.92 Å². The summed E-state index contributed by atoms with van der Waals surface area (Å²) in [5, 5.41) is 13.5. The summed E-state index contributed by atoms with van der Waals surface area (Å²) >= 11 is 0. The van der Waals surface area contributed by atoms with E-state index in [4.69, 9.17) is 4.74 Å². The summed E-state index contributed by atoms with van der Waals surface area (Å²) < 4.78 is 5.19. The third kappa shape index (κ3) is 2.14. The van der Waals surface area contributed by atoms with Gasteiger partial charge in [0.25, 0.3) is 0 Å². The van der Waals surface area contributed by atoms with Gasteiger partial charge in [-0.3, -0.25) is 0 Å². The molecule has 1 saturated heterocycles. The molecule has 0 aromatic heterocycles. The fourth-order valence-electron chi connectivity index (χ4n) is 2.37. The minimum atomic E-state index is 0.319. The predicted octanol–water partition coefficient (Wildman–Crippen LogP) is 2.18. The molecule has 1 aromatic carbocycles. The molecule has 2 N–H and O–H groups in total. The lowest BCUT2D eigenvalue weighted by atomic mass is 9.88. The van der Waals surface area contributed by atoms with Crippen molar-refractivity contribution >= 4 is 0 Å².